The van der Waals surface area contributed by atoms with E-state index >= 15 is 0 Å². The normalized spacial score (nSPS) is 13.1. The van der Waals surface area contributed by atoms with E-state index in [1.54, 1.807) is 0 Å². The number of hydrogen-bond donors (Lipinski definition) is 0. The Morgan fingerprint density at radius 1 is 0.0882 bits per heavy atom. The van der Waals surface area contributed by atoms with Gasteiger partial charge in [-0.05, 0) is 646 Å². The zero-order valence-electron chi connectivity index (χ0n) is 79.2. The lowest BCUT2D eigenvalue weighted by molar-refractivity contribution is 1.38. The third-order valence-corrected chi connectivity index (χ3v) is 35.1. The highest BCUT2D eigenvalue weighted by molar-refractivity contribution is 6.69. The van der Waals surface area contributed by atoms with Gasteiger partial charge >= 0.3 is 0 Å². The topological polar surface area (TPSA) is 0 Å². The third-order valence-electron chi connectivity index (χ3n) is 35.1. The third kappa shape index (κ3) is 8.57. The van der Waals surface area contributed by atoms with Crippen LogP contribution in [-0.2, 0) is 0 Å². The fourth-order valence-electron chi connectivity index (χ4n) is 30.3. The van der Waals surface area contributed by atoms with Crippen molar-refractivity contribution < 1.29 is 0 Å². The summed E-state index contributed by atoms with van der Waals surface area (Å²) in [7, 11) is 0. The summed E-state index contributed by atoms with van der Waals surface area (Å²) in [5, 5.41) is 62.7. The summed E-state index contributed by atoms with van der Waals surface area (Å²) in [4.78, 5) is 0. The van der Waals surface area contributed by atoms with E-state index in [2.05, 4.69) is 366 Å². The maximum Gasteiger partial charge on any atom is -0.0000238 e. The molecule has 0 heterocycles. The Morgan fingerprint density at radius 3 is 0.272 bits per heavy atom. The Balaban J connectivity index is 0.932. The Hall–Kier alpha value is -15.6. The van der Waals surface area contributed by atoms with E-state index in [1.807, 2.05) is 0 Å². The molecule has 0 aliphatic rings. The summed E-state index contributed by atoms with van der Waals surface area (Å²) in [5.41, 5.74) is 41.1. The molecule has 0 aromatic heterocycles. The first kappa shape index (κ1) is 74.9. The molecule has 0 aliphatic carbocycles. The molecule has 0 atom stereocenters. The van der Waals surface area contributed by atoms with Crippen molar-refractivity contribution in [2.75, 3.05) is 0 Å². The van der Waals surface area contributed by atoms with Crippen LogP contribution >= 0.6 is 0 Å². The van der Waals surface area contributed by atoms with Crippen LogP contribution in [0.3, 0.4) is 0 Å². The van der Waals surface area contributed by atoms with E-state index in [0.717, 1.165) is 0 Å². The molecule has 0 amide bonds. The smallest absolute Gasteiger partial charge is 0.0000238 e. The summed E-state index contributed by atoms with van der Waals surface area (Å²) >= 11 is 0. The average Bonchev–Trinajstić information content (AvgIpc) is 0.621. The average molecular weight is 1720 g/mol. The largest absolute Gasteiger partial charge is 0.0617 e. The molecule has 0 spiro atoms. The predicted molar refractivity (Wildman–Crippen MR) is 594 cm³/mol. The van der Waals surface area contributed by atoms with Crippen LogP contribution in [0.4, 0.5) is 0 Å². The van der Waals surface area contributed by atoms with Crippen molar-refractivity contribution in [1.29, 1.82) is 0 Å². The van der Waals surface area contributed by atoms with E-state index in [-0.39, 0.29) is 0 Å². The number of hydrogen-bond acceptors (Lipinski definition) is 0. The van der Waals surface area contributed by atoms with Crippen LogP contribution in [-0.4, -0.2) is 0 Å². The molecule has 634 valence electrons. The molecule has 0 saturated carbocycles. The van der Waals surface area contributed by atoms with Crippen LogP contribution in [0.5, 0.6) is 0 Å². The summed E-state index contributed by atoms with van der Waals surface area (Å²) in [6.45, 7) is 37.6. The fraction of sp³-hybridized carbons (Fsp3) is 0.118. The molecule has 0 fully saturated rings. The highest BCUT2D eigenvalue weighted by Gasteiger charge is 2.41. The SMILES string of the molecule is Cc1cccc(C)c1-c1cc2c3cc(-c4c(C)cccc4C)cc4c5cc(-c6c(C)cccc6C)cc6c7cc8c9cc(-c%10c(C)cccc%10C)cc%10c%11cc(-c%12c(C)cccc%12C)cc%12c%13cc(-c%14c(C)cccc%14C)cc%14c%15cc(-c%16c(C)cccc%16C)cc%16c%17cc%18c%19cc(-c%20c(C)cccc%20C)cc%20c(c1)c2c1c(c34)c(c56)c2c7c3c8c4c(c%109)c(c%12%11)c(c%13%14)c(c%15%16)c4c%17c3c%18c2c1c%20%19. The van der Waals surface area contributed by atoms with Crippen molar-refractivity contribution >= 4 is 248 Å². The van der Waals surface area contributed by atoms with E-state index in [9.17, 15) is 0 Å². The van der Waals surface area contributed by atoms with Gasteiger partial charge in [0.1, 0.15) is 0 Å². The fourth-order valence-corrected chi connectivity index (χ4v) is 30.3. The lowest BCUT2D eigenvalue weighted by Crippen LogP contribution is -2.05. The van der Waals surface area contributed by atoms with Crippen LogP contribution in [0.2, 0.25) is 0 Å². The summed E-state index contributed by atoms with van der Waals surface area (Å²) < 4.78 is 0. The molecule has 136 heavy (non-hydrogen) atoms. The summed E-state index contributed by atoms with van der Waals surface area (Å²) in [5.74, 6) is 0. The van der Waals surface area contributed by atoms with Crippen LogP contribution in [0.15, 0.2) is 255 Å². The van der Waals surface area contributed by atoms with Gasteiger partial charge in [-0.2, -0.15) is 0 Å². The van der Waals surface area contributed by atoms with Gasteiger partial charge in [-0.3, -0.25) is 0 Å². The van der Waals surface area contributed by atoms with Crippen molar-refractivity contribution in [2.45, 2.75) is 111 Å². The molecule has 0 nitrogen and oxygen atoms in total. The lowest BCUT2D eigenvalue weighted by Gasteiger charge is -2.34. The maximum atomic E-state index is 2.84. The van der Waals surface area contributed by atoms with Crippen LogP contribution in [0, 0.1) is 111 Å². The van der Waals surface area contributed by atoms with Gasteiger partial charge < -0.3 is 0 Å². The molecule has 0 unspecified atom stereocenters. The van der Waals surface area contributed by atoms with Gasteiger partial charge in [0.05, 0.1) is 0 Å². The van der Waals surface area contributed by atoms with Gasteiger partial charge in [0.25, 0.3) is 0 Å². The molecule has 0 aliphatic heterocycles. The lowest BCUT2D eigenvalue weighted by atomic mass is 9.68. The standard InChI is InChI=1S/C136H90/c1-59-25-17-26-60(2)103(59)75-41-83-84-42-76(104-61(3)27-18-28-62(104)4)46-88-92-50-80(108-69(11)35-22-36-70(108)12)54-96-101-58-102-98-56-82(110-73(15)39-24-40-74(110)16)52-94-90-48-78(106-65(7)31-20-32-66(106)8)44-86-85-43-77(105-63(5)29-19-30-64(105)6)47-89-93-51-81(109-71(13)37-23-38-72(109)14)55-97-100-57-99-95-53-79(107-67(9)33-21-34-68(107)10)49-91-87(45-75)111(83)123-124(112(84)88)128(116(92)96)134-120(101)132-122(102)136-130(118(94)98)126(114(86)90)125(113(85)89)129(117(93)97)135(136)121(100)131(132)119(99)133(134)127(123)115(91)95/h17-58H,1-16H3. The molecule has 0 radical (unpaired) electrons. The zero-order chi connectivity index (χ0) is 90.7. The second-order valence-corrected chi connectivity index (χ2v) is 42.4. The molecule has 0 saturated heterocycles. The number of aryl methyl sites for hydroxylation is 16. The molecule has 0 heteroatoms. The summed E-state index contributed by atoms with van der Waals surface area (Å²) in [6, 6.07) is 105. The van der Waals surface area contributed by atoms with E-state index in [1.165, 1.54) is 426 Å². The van der Waals surface area contributed by atoms with Gasteiger partial charge in [0.15, 0.2) is 0 Å². The summed E-state index contributed by atoms with van der Waals surface area (Å²) in [6.07, 6.45) is 0. The van der Waals surface area contributed by atoms with Crippen LogP contribution < -0.4 is 0 Å². The maximum absolute atomic E-state index is 2.84. The second kappa shape index (κ2) is 24.7. The van der Waals surface area contributed by atoms with Gasteiger partial charge in [0.2, 0.25) is 0 Å². The van der Waals surface area contributed by atoms with Crippen molar-refractivity contribution in [1.82, 2.24) is 0 Å². The highest BCUT2D eigenvalue weighted by Crippen LogP contribution is 2.69. The second-order valence-electron chi connectivity index (χ2n) is 42.4. The van der Waals surface area contributed by atoms with Crippen LogP contribution in [0.1, 0.15) is 89.0 Å². The highest BCUT2D eigenvalue weighted by atomic mass is 14.4. The Labute approximate surface area is 785 Å². The van der Waals surface area contributed by atoms with E-state index < -0.39 is 0 Å². The Morgan fingerprint density at radius 2 is 0.169 bits per heavy atom. The van der Waals surface area contributed by atoms with Gasteiger partial charge in [-0.1, -0.05) is 146 Å². The molecule has 0 N–H and O–H groups in total. The molecular formula is C136H90. The van der Waals surface area contributed by atoms with E-state index in [4.69, 9.17) is 0 Å². The first-order valence-corrected chi connectivity index (χ1v) is 49.1. The molecule has 32 aromatic carbocycles. The van der Waals surface area contributed by atoms with Gasteiger partial charge in [-0.15, -0.1) is 0 Å². The minimum atomic E-state index is 1.26. The minimum absolute atomic E-state index is 1.26. The molecular weight excluding hydrogens is 1630 g/mol. The Bertz CT molecular complexity index is 9700. The number of rotatable bonds is 8. The van der Waals surface area contributed by atoms with Crippen LogP contribution in [0.25, 0.3) is 337 Å². The number of fused-ring (bicyclic) bond motifs is 10. The minimum Gasteiger partial charge on any atom is -0.0617 e. The first-order chi connectivity index (χ1) is 66.1. The van der Waals surface area contributed by atoms with Crippen molar-refractivity contribution in [3.05, 3.63) is 344 Å². The van der Waals surface area contributed by atoms with Crippen molar-refractivity contribution in [3.8, 4) is 89.0 Å². The molecule has 32 rings (SSSR count). The molecule has 0 bridgehead atoms. The predicted octanol–water partition coefficient (Wildman–Crippen LogP) is 39.2. The van der Waals surface area contributed by atoms with Crippen molar-refractivity contribution in [3.63, 3.8) is 0 Å². The quantitative estimate of drug-likeness (QED) is 0.105. The first-order valence-electron chi connectivity index (χ1n) is 49.1. The monoisotopic (exact) mass is 1720 g/mol. The Kier molecular flexibility index (Phi) is 13.6. The molecule has 32 aromatic rings. The number of benzene rings is 32. The van der Waals surface area contributed by atoms with Gasteiger partial charge in [0, 0.05) is 0 Å². The zero-order valence-corrected chi connectivity index (χ0v) is 79.2. The van der Waals surface area contributed by atoms with E-state index in [0.29, 0.717) is 0 Å². The van der Waals surface area contributed by atoms with Crippen molar-refractivity contribution in [2.24, 2.45) is 0 Å². The van der Waals surface area contributed by atoms with Gasteiger partial charge in [-0.25, -0.2) is 0 Å².